The van der Waals surface area contributed by atoms with E-state index in [1.165, 1.54) is 0 Å². The smallest absolute Gasteiger partial charge is 0.193 e. The van der Waals surface area contributed by atoms with E-state index in [0.717, 1.165) is 71.0 Å². The Morgan fingerprint density at radius 2 is 1.95 bits per heavy atom. The summed E-state index contributed by atoms with van der Waals surface area (Å²) >= 11 is 0. The average Bonchev–Trinajstić information content (AvgIpc) is 2.52. The fourth-order valence-corrected chi connectivity index (χ4v) is 2.62. The molecule has 1 aliphatic rings. The summed E-state index contributed by atoms with van der Waals surface area (Å²) in [5.74, 6) is 1.02. The molecule has 0 aromatic rings. The molecule has 6 heteroatoms. The first-order chi connectivity index (χ1) is 10.7. The van der Waals surface area contributed by atoms with Gasteiger partial charge in [-0.1, -0.05) is 0 Å². The van der Waals surface area contributed by atoms with E-state index < -0.39 is 0 Å². The van der Waals surface area contributed by atoms with Gasteiger partial charge in [-0.05, 0) is 46.3 Å². The Bertz CT molecular complexity index is 303. The van der Waals surface area contributed by atoms with Crippen LogP contribution in [-0.4, -0.2) is 89.5 Å². The normalized spacial score (nSPS) is 17.3. The molecule has 1 N–H and O–H groups in total. The van der Waals surface area contributed by atoms with Gasteiger partial charge in [-0.25, -0.2) is 0 Å². The van der Waals surface area contributed by atoms with Gasteiger partial charge in [0.1, 0.15) is 0 Å². The molecule has 0 bridgehead atoms. The van der Waals surface area contributed by atoms with E-state index in [9.17, 15) is 0 Å². The number of ether oxygens (including phenoxy) is 2. The second-order valence-electron chi connectivity index (χ2n) is 6.03. The van der Waals surface area contributed by atoms with Crippen molar-refractivity contribution in [3.8, 4) is 0 Å². The lowest BCUT2D eigenvalue weighted by molar-refractivity contribution is 0.00991. The molecule has 0 aliphatic carbocycles. The molecule has 0 aromatic carbocycles. The van der Waals surface area contributed by atoms with Gasteiger partial charge in [-0.15, -0.1) is 0 Å². The minimum atomic E-state index is 0.389. The molecule has 22 heavy (non-hydrogen) atoms. The molecule has 0 unspecified atom stereocenters. The first-order valence-electron chi connectivity index (χ1n) is 8.38. The minimum Gasteiger partial charge on any atom is -0.385 e. The number of likely N-dealkylation sites (tertiary alicyclic amines) is 1. The Hall–Kier alpha value is -0.850. The molecule has 1 heterocycles. The molecule has 1 saturated heterocycles. The number of hydrogen-bond donors (Lipinski definition) is 1. The summed E-state index contributed by atoms with van der Waals surface area (Å²) in [6, 6.07) is 0. The van der Waals surface area contributed by atoms with E-state index in [1.807, 2.05) is 7.05 Å². The van der Waals surface area contributed by atoms with Crippen LogP contribution in [0.5, 0.6) is 0 Å². The van der Waals surface area contributed by atoms with E-state index in [0.29, 0.717) is 6.10 Å². The lowest BCUT2D eigenvalue weighted by atomic mass is 10.1. The molecular weight excluding hydrogens is 280 g/mol. The van der Waals surface area contributed by atoms with E-state index in [1.54, 1.807) is 7.11 Å². The van der Waals surface area contributed by atoms with Crippen molar-refractivity contribution in [3.63, 3.8) is 0 Å². The molecule has 0 amide bonds. The third-order valence-electron chi connectivity index (χ3n) is 3.86. The van der Waals surface area contributed by atoms with Crippen molar-refractivity contribution in [3.05, 3.63) is 0 Å². The number of guanidine groups is 1. The highest BCUT2D eigenvalue weighted by molar-refractivity contribution is 5.79. The van der Waals surface area contributed by atoms with E-state index in [4.69, 9.17) is 9.47 Å². The Balaban J connectivity index is 2.18. The van der Waals surface area contributed by atoms with Crippen molar-refractivity contribution in [1.82, 2.24) is 15.1 Å². The van der Waals surface area contributed by atoms with Crippen molar-refractivity contribution in [2.75, 3.05) is 67.6 Å². The van der Waals surface area contributed by atoms with Crippen LogP contribution >= 0.6 is 0 Å². The maximum absolute atomic E-state index is 5.90. The molecule has 0 spiro atoms. The predicted octanol–water partition coefficient (Wildman–Crippen LogP) is 1.03. The molecule has 6 nitrogen and oxygen atoms in total. The van der Waals surface area contributed by atoms with Crippen molar-refractivity contribution >= 4 is 5.96 Å². The highest BCUT2D eigenvalue weighted by atomic mass is 16.5. The Morgan fingerprint density at radius 1 is 1.23 bits per heavy atom. The topological polar surface area (TPSA) is 49.3 Å². The van der Waals surface area contributed by atoms with Gasteiger partial charge in [0.2, 0.25) is 0 Å². The van der Waals surface area contributed by atoms with Gasteiger partial charge < -0.3 is 24.6 Å². The lowest BCUT2D eigenvalue weighted by Crippen LogP contribution is -2.47. The van der Waals surface area contributed by atoms with Crippen LogP contribution in [0.2, 0.25) is 0 Å². The van der Waals surface area contributed by atoms with Crippen molar-refractivity contribution in [1.29, 1.82) is 0 Å². The van der Waals surface area contributed by atoms with Gasteiger partial charge in [0.25, 0.3) is 0 Å². The van der Waals surface area contributed by atoms with E-state index in [-0.39, 0.29) is 0 Å². The number of methoxy groups -OCH3 is 1. The second kappa shape index (κ2) is 11.7. The summed E-state index contributed by atoms with van der Waals surface area (Å²) in [7, 11) is 7.80. The average molecular weight is 314 g/mol. The first kappa shape index (κ1) is 19.2. The summed E-state index contributed by atoms with van der Waals surface area (Å²) < 4.78 is 10.9. The van der Waals surface area contributed by atoms with Gasteiger partial charge in [0.15, 0.2) is 5.96 Å². The van der Waals surface area contributed by atoms with Crippen LogP contribution in [0.3, 0.4) is 0 Å². The number of piperidine rings is 1. The van der Waals surface area contributed by atoms with Crippen LogP contribution in [0.1, 0.15) is 25.7 Å². The number of nitrogens with zero attached hydrogens (tertiary/aromatic N) is 3. The highest BCUT2D eigenvalue weighted by Crippen LogP contribution is 2.14. The summed E-state index contributed by atoms with van der Waals surface area (Å²) in [4.78, 5) is 8.94. The van der Waals surface area contributed by atoms with E-state index in [2.05, 4.69) is 34.2 Å². The first-order valence-corrected chi connectivity index (χ1v) is 8.38. The fraction of sp³-hybridized carbons (Fsp3) is 0.938. The SMILES string of the molecule is CN=C(NCCCN(C)C)N1CCC(OCCCOC)CC1. The molecule has 0 saturated carbocycles. The summed E-state index contributed by atoms with van der Waals surface area (Å²) in [5.41, 5.74) is 0. The number of aliphatic imine (C=N–C) groups is 1. The van der Waals surface area contributed by atoms with Gasteiger partial charge in [-0.3, -0.25) is 4.99 Å². The molecule has 0 atom stereocenters. The zero-order valence-corrected chi connectivity index (χ0v) is 14.8. The van der Waals surface area contributed by atoms with Crippen LogP contribution in [0.15, 0.2) is 4.99 Å². The molecule has 0 radical (unpaired) electrons. The van der Waals surface area contributed by atoms with Crippen LogP contribution in [-0.2, 0) is 9.47 Å². The minimum absolute atomic E-state index is 0.389. The molecule has 0 aromatic heterocycles. The highest BCUT2D eigenvalue weighted by Gasteiger charge is 2.21. The maximum atomic E-state index is 5.90. The zero-order chi connectivity index (χ0) is 16.2. The molecule has 1 rings (SSSR count). The van der Waals surface area contributed by atoms with Crippen molar-refractivity contribution < 1.29 is 9.47 Å². The van der Waals surface area contributed by atoms with Gasteiger partial charge in [0.05, 0.1) is 6.10 Å². The van der Waals surface area contributed by atoms with Crippen LogP contribution in [0.4, 0.5) is 0 Å². The van der Waals surface area contributed by atoms with Crippen LogP contribution < -0.4 is 5.32 Å². The number of nitrogens with one attached hydrogen (secondary N) is 1. The van der Waals surface area contributed by atoms with Crippen LogP contribution in [0.25, 0.3) is 0 Å². The van der Waals surface area contributed by atoms with E-state index >= 15 is 0 Å². The zero-order valence-electron chi connectivity index (χ0n) is 14.8. The van der Waals surface area contributed by atoms with Crippen molar-refractivity contribution in [2.45, 2.75) is 31.8 Å². The molecular formula is C16H34N4O2. The second-order valence-corrected chi connectivity index (χ2v) is 6.03. The lowest BCUT2D eigenvalue weighted by Gasteiger charge is -2.34. The van der Waals surface area contributed by atoms with Crippen molar-refractivity contribution in [2.24, 2.45) is 4.99 Å². The summed E-state index contributed by atoms with van der Waals surface area (Å²) in [6.07, 6.45) is 4.65. The molecule has 1 fully saturated rings. The third-order valence-corrected chi connectivity index (χ3v) is 3.86. The predicted molar refractivity (Wildman–Crippen MR) is 91.6 cm³/mol. The van der Waals surface area contributed by atoms with Gasteiger partial charge in [-0.2, -0.15) is 0 Å². The monoisotopic (exact) mass is 314 g/mol. The Morgan fingerprint density at radius 3 is 2.55 bits per heavy atom. The molecule has 1 aliphatic heterocycles. The van der Waals surface area contributed by atoms with Gasteiger partial charge >= 0.3 is 0 Å². The Kier molecular flexibility index (Phi) is 10.2. The standard InChI is InChI=1S/C16H34N4O2/c1-17-16(18-9-5-10-19(2)3)20-11-7-15(8-12-20)22-14-6-13-21-4/h15H,5-14H2,1-4H3,(H,17,18). The maximum Gasteiger partial charge on any atom is 0.193 e. The third kappa shape index (κ3) is 7.96. The largest absolute Gasteiger partial charge is 0.385 e. The van der Waals surface area contributed by atoms with Gasteiger partial charge in [0, 0.05) is 47.0 Å². The number of hydrogen-bond acceptors (Lipinski definition) is 4. The summed E-state index contributed by atoms with van der Waals surface area (Å²) in [5, 5.41) is 3.46. The van der Waals surface area contributed by atoms with Crippen LogP contribution in [0, 0.1) is 0 Å². The fourth-order valence-electron chi connectivity index (χ4n) is 2.62. The number of rotatable bonds is 9. The molecule has 130 valence electrons. The summed E-state index contributed by atoms with van der Waals surface area (Å²) in [6.45, 7) is 5.68. The Labute approximate surface area is 135 Å². The quantitative estimate of drug-likeness (QED) is 0.391.